The number of benzene rings is 3. The van der Waals surface area contributed by atoms with E-state index in [1.54, 1.807) is 35.2 Å². The number of hydrogen-bond donors (Lipinski definition) is 1. The number of nitrogens with one attached hydrogen (secondary N) is 1. The number of fused-ring (bicyclic) bond motifs is 1. The molecule has 0 atom stereocenters. The second-order valence-electron chi connectivity index (χ2n) is 7.44. The zero-order valence-corrected chi connectivity index (χ0v) is 17.2. The molecule has 2 amide bonds. The Bertz CT molecular complexity index is 1200. The van der Waals surface area contributed by atoms with Gasteiger partial charge in [-0.15, -0.1) is 0 Å². The van der Waals surface area contributed by atoms with Crippen LogP contribution in [-0.2, 0) is 11.2 Å². The first-order valence-corrected chi connectivity index (χ1v) is 10.2. The molecule has 0 spiro atoms. The number of nitro groups is 1. The fourth-order valence-corrected chi connectivity index (χ4v) is 3.72. The Hall–Kier alpha value is -4.26. The van der Waals surface area contributed by atoms with Gasteiger partial charge in [-0.1, -0.05) is 30.3 Å². The lowest BCUT2D eigenvalue weighted by atomic mass is 10.00. The number of aryl methyl sites for hydroxylation is 1. The molecule has 4 rings (SSSR count). The van der Waals surface area contributed by atoms with Gasteiger partial charge >= 0.3 is 0 Å². The quantitative estimate of drug-likeness (QED) is 0.358. The van der Waals surface area contributed by atoms with Crippen molar-refractivity contribution in [3.05, 3.63) is 106 Å². The molecule has 0 aromatic heterocycles. The second-order valence-corrected chi connectivity index (χ2v) is 7.44. The summed E-state index contributed by atoms with van der Waals surface area (Å²) in [6.45, 7) is 0.651. The molecule has 0 bridgehead atoms. The summed E-state index contributed by atoms with van der Waals surface area (Å²) < 4.78 is 0. The average molecular weight is 427 g/mol. The third kappa shape index (κ3) is 4.73. The lowest BCUT2D eigenvalue weighted by Gasteiger charge is -2.30. The van der Waals surface area contributed by atoms with Crippen LogP contribution in [0.1, 0.15) is 27.9 Å². The average Bonchev–Trinajstić information content (AvgIpc) is 2.82. The Kier molecular flexibility index (Phi) is 6.07. The van der Waals surface area contributed by atoms with Crippen LogP contribution in [0.2, 0.25) is 0 Å². The molecule has 0 fully saturated rings. The molecule has 1 heterocycles. The van der Waals surface area contributed by atoms with Crippen molar-refractivity contribution < 1.29 is 14.5 Å². The molecule has 0 saturated heterocycles. The minimum atomic E-state index is -0.476. The molecule has 7 nitrogen and oxygen atoms in total. The lowest BCUT2D eigenvalue weighted by Crippen LogP contribution is -2.35. The second kappa shape index (κ2) is 9.26. The Morgan fingerprint density at radius 3 is 2.59 bits per heavy atom. The summed E-state index contributed by atoms with van der Waals surface area (Å²) in [5.41, 5.74) is 3.67. The van der Waals surface area contributed by atoms with Gasteiger partial charge in [0.1, 0.15) is 0 Å². The molecular formula is C25H21N3O4. The number of anilines is 2. The van der Waals surface area contributed by atoms with Gasteiger partial charge in [-0.3, -0.25) is 19.7 Å². The van der Waals surface area contributed by atoms with Crippen molar-refractivity contribution in [3.8, 4) is 0 Å². The molecule has 7 heteroatoms. The first-order valence-electron chi connectivity index (χ1n) is 10.2. The Balaban J connectivity index is 1.47. The molecule has 0 aliphatic carbocycles. The van der Waals surface area contributed by atoms with Crippen LogP contribution in [0.3, 0.4) is 0 Å². The largest absolute Gasteiger partial charge is 0.323 e. The smallest absolute Gasteiger partial charge is 0.270 e. The third-order valence-corrected chi connectivity index (χ3v) is 5.24. The number of carbonyl (C=O) groups is 2. The minimum Gasteiger partial charge on any atom is -0.323 e. The van der Waals surface area contributed by atoms with Gasteiger partial charge < -0.3 is 10.2 Å². The van der Waals surface area contributed by atoms with Crippen molar-refractivity contribution in [2.24, 2.45) is 0 Å². The minimum absolute atomic E-state index is 0.0307. The summed E-state index contributed by atoms with van der Waals surface area (Å²) in [5, 5.41) is 13.7. The van der Waals surface area contributed by atoms with Gasteiger partial charge in [0, 0.05) is 41.7 Å². The zero-order chi connectivity index (χ0) is 22.5. The number of rotatable bonds is 5. The molecule has 1 aliphatic heterocycles. The Morgan fingerprint density at radius 2 is 1.81 bits per heavy atom. The number of carbonyl (C=O) groups excluding carboxylic acids is 2. The molecule has 3 aromatic rings. The molecule has 32 heavy (non-hydrogen) atoms. The van der Waals surface area contributed by atoms with Gasteiger partial charge in [0.15, 0.2) is 0 Å². The van der Waals surface area contributed by atoms with Crippen molar-refractivity contribution in [1.29, 1.82) is 0 Å². The van der Waals surface area contributed by atoms with Crippen LogP contribution in [-0.4, -0.2) is 23.3 Å². The van der Waals surface area contributed by atoms with E-state index >= 15 is 0 Å². The standard InChI is InChI=1S/C25H21N3O4/c29-24(14-11-18-6-4-10-22(16-18)28(31)32)26-21-12-13-23-20(17-21)9-5-15-27(23)25(30)19-7-2-1-3-8-19/h1-4,6-8,10-14,16-17H,5,9,15H2,(H,26,29). The van der Waals surface area contributed by atoms with Gasteiger partial charge in [-0.25, -0.2) is 0 Å². The molecule has 3 aromatic carbocycles. The number of nitro benzene ring substituents is 1. The maximum atomic E-state index is 12.9. The van der Waals surface area contributed by atoms with Crippen molar-refractivity contribution >= 4 is 35.0 Å². The van der Waals surface area contributed by atoms with E-state index in [-0.39, 0.29) is 17.5 Å². The number of hydrogen-bond acceptors (Lipinski definition) is 4. The van der Waals surface area contributed by atoms with Gasteiger partial charge in [-0.2, -0.15) is 0 Å². The van der Waals surface area contributed by atoms with E-state index in [2.05, 4.69) is 5.32 Å². The van der Waals surface area contributed by atoms with E-state index in [1.807, 2.05) is 30.3 Å². The predicted octanol–water partition coefficient (Wildman–Crippen LogP) is 4.84. The van der Waals surface area contributed by atoms with Crippen LogP contribution in [0.4, 0.5) is 17.1 Å². The van der Waals surface area contributed by atoms with Crippen LogP contribution in [0.15, 0.2) is 78.9 Å². The third-order valence-electron chi connectivity index (χ3n) is 5.24. The molecule has 160 valence electrons. The molecule has 1 aliphatic rings. The maximum absolute atomic E-state index is 12.9. The number of nitrogens with zero attached hydrogens (tertiary/aromatic N) is 2. The highest BCUT2D eigenvalue weighted by molar-refractivity contribution is 6.07. The fourth-order valence-electron chi connectivity index (χ4n) is 3.72. The SMILES string of the molecule is O=C(C=Cc1cccc([N+](=O)[O-])c1)Nc1ccc2c(c1)CCCN2C(=O)c1ccccc1. The summed E-state index contributed by atoms with van der Waals surface area (Å²) >= 11 is 0. The summed E-state index contributed by atoms with van der Waals surface area (Å²) in [7, 11) is 0. The van der Waals surface area contributed by atoms with Crippen LogP contribution in [0.5, 0.6) is 0 Å². The van der Waals surface area contributed by atoms with Crippen LogP contribution < -0.4 is 10.2 Å². The van der Waals surface area contributed by atoms with Gasteiger partial charge in [0.2, 0.25) is 5.91 Å². The highest BCUT2D eigenvalue weighted by Crippen LogP contribution is 2.31. The number of non-ortho nitro benzene ring substituents is 1. The monoisotopic (exact) mass is 427 g/mol. The molecular weight excluding hydrogens is 406 g/mol. The molecule has 0 unspecified atom stereocenters. The predicted molar refractivity (Wildman–Crippen MR) is 124 cm³/mol. The van der Waals surface area contributed by atoms with Gasteiger partial charge in [-0.05, 0) is 60.4 Å². The summed E-state index contributed by atoms with van der Waals surface area (Å²) in [5.74, 6) is -0.382. The first kappa shape index (κ1) is 21.0. The summed E-state index contributed by atoms with van der Waals surface area (Å²) in [6.07, 6.45) is 4.53. The Labute approximate surface area is 185 Å². The van der Waals surface area contributed by atoms with E-state index in [4.69, 9.17) is 0 Å². The van der Waals surface area contributed by atoms with Gasteiger partial charge in [0.25, 0.3) is 11.6 Å². The topological polar surface area (TPSA) is 92.5 Å². The highest BCUT2D eigenvalue weighted by Gasteiger charge is 2.23. The zero-order valence-electron chi connectivity index (χ0n) is 17.2. The van der Waals surface area contributed by atoms with E-state index in [0.29, 0.717) is 23.4 Å². The Morgan fingerprint density at radius 1 is 1.00 bits per heavy atom. The van der Waals surface area contributed by atoms with Crippen LogP contribution in [0, 0.1) is 10.1 Å². The van der Waals surface area contributed by atoms with Crippen molar-refractivity contribution in [2.75, 3.05) is 16.8 Å². The van der Waals surface area contributed by atoms with Crippen molar-refractivity contribution in [3.63, 3.8) is 0 Å². The first-order chi connectivity index (χ1) is 15.5. The normalized spacial score (nSPS) is 12.9. The van der Waals surface area contributed by atoms with E-state index in [9.17, 15) is 19.7 Å². The fraction of sp³-hybridized carbons (Fsp3) is 0.120. The van der Waals surface area contributed by atoms with Gasteiger partial charge in [0.05, 0.1) is 4.92 Å². The molecule has 1 N–H and O–H groups in total. The van der Waals surface area contributed by atoms with E-state index in [1.165, 1.54) is 24.3 Å². The van der Waals surface area contributed by atoms with Crippen molar-refractivity contribution in [2.45, 2.75) is 12.8 Å². The van der Waals surface area contributed by atoms with E-state index in [0.717, 1.165) is 24.1 Å². The van der Waals surface area contributed by atoms with E-state index < -0.39 is 4.92 Å². The van der Waals surface area contributed by atoms with Crippen LogP contribution in [0.25, 0.3) is 6.08 Å². The summed E-state index contributed by atoms with van der Waals surface area (Å²) in [6, 6.07) is 20.8. The number of amides is 2. The van der Waals surface area contributed by atoms with Crippen molar-refractivity contribution in [1.82, 2.24) is 0 Å². The lowest BCUT2D eigenvalue weighted by molar-refractivity contribution is -0.384. The van der Waals surface area contributed by atoms with Crippen LogP contribution >= 0.6 is 0 Å². The molecule has 0 saturated carbocycles. The maximum Gasteiger partial charge on any atom is 0.270 e. The summed E-state index contributed by atoms with van der Waals surface area (Å²) in [4.78, 5) is 37.4. The molecule has 0 radical (unpaired) electrons. The highest BCUT2D eigenvalue weighted by atomic mass is 16.6.